The van der Waals surface area contributed by atoms with E-state index in [9.17, 15) is 13.2 Å². The summed E-state index contributed by atoms with van der Waals surface area (Å²) in [4.78, 5) is 4.09. The molecule has 17 heavy (non-hydrogen) atoms. The lowest BCUT2D eigenvalue weighted by molar-refractivity contribution is -0.203. The van der Waals surface area contributed by atoms with Crippen LogP contribution in [0.15, 0.2) is 18.2 Å². The number of aromatic nitrogens is 1. The van der Waals surface area contributed by atoms with Gasteiger partial charge in [0.2, 0.25) is 0 Å². The van der Waals surface area contributed by atoms with E-state index in [2.05, 4.69) is 4.98 Å². The third-order valence-electron chi connectivity index (χ3n) is 2.33. The minimum Gasteiger partial charge on any atom is -0.383 e. The Morgan fingerprint density at radius 2 is 2.12 bits per heavy atom. The molecule has 1 aromatic heterocycles. The molecule has 0 aliphatic carbocycles. The van der Waals surface area contributed by atoms with Crippen LogP contribution in [0.3, 0.4) is 0 Å². The molecule has 1 aromatic carbocycles. The van der Waals surface area contributed by atoms with Crippen LogP contribution in [-0.2, 0) is 6.42 Å². The van der Waals surface area contributed by atoms with Crippen LogP contribution in [0.1, 0.15) is 10.6 Å². The highest BCUT2D eigenvalue weighted by atomic mass is 32.1. The number of hydrogen-bond acceptors (Lipinski definition) is 3. The fourth-order valence-corrected chi connectivity index (χ4v) is 2.44. The maximum absolute atomic E-state index is 12.2. The van der Waals surface area contributed by atoms with E-state index in [1.165, 1.54) is 11.3 Å². The highest BCUT2D eigenvalue weighted by Gasteiger charge is 2.38. The molecule has 0 fully saturated rings. The van der Waals surface area contributed by atoms with E-state index >= 15 is 0 Å². The summed E-state index contributed by atoms with van der Waals surface area (Å²) in [7, 11) is 0. The van der Waals surface area contributed by atoms with Gasteiger partial charge in [-0.2, -0.15) is 13.2 Å². The summed E-state index contributed by atoms with van der Waals surface area (Å²) in [6.45, 7) is 1.89. The van der Waals surface area contributed by atoms with Crippen molar-refractivity contribution in [3.8, 4) is 0 Å². The van der Waals surface area contributed by atoms with Gasteiger partial charge in [-0.3, -0.25) is 0 Å². The van der Waals surface area contributed by atoms with Crippen LogP contribution in [0, 0.1) is 6.92 Å². The second-order valence-corrected chi connectivity index (χ2v) is 4.96. The van der Waals surface area contributed by atoms with Crippen molar-refractivity contribution in [2.75, 3.05) is 0 Å². The Labute approximate surface area is 99.7 Å². The smallest absolute Gasteiger partial charge is 0.383 e. The lowest BCUT2D eigenvalue weighted by atomic mass is 10.2. The SMILES string of the molecule is Cc1ccc2sc(CC(O)C(F)(F)F)nc2c1. The minimum absolute atomic E-state index is 0.301. The molecule has 0 amide bonds. The quantitative estimate of drug-likeness (QED) is 0.901. The van der Waals surface area contributed by atoms with Gasteiger partial charge in [-0.25, -0.2) is 4.98 Å². The van der Waals surface area contributed by atoms with Gasteiger partial charge in [-0.15, -0.1) is 11.3 Å². The lowest BCUT2D eigenvalue weighted by Gasteiger charge is -2.12. The van der Waals surface area contributed by atoms with Crippen LogP contribution in [0.5, 0.6) is 0 Å². The van der Waals surface area contributed by atoms with Gasteiger partial charge < -0.3 is 5.11 Å². The highest BCUT2D eigenvalue weighted by molar-refractivity contribution is 7.18. The molecule has 0 aliphatic heterocycles. The van der Waals surface area contributed by atoms with Crippen LogP contribution in [0.4, 0.5) is 13.2 Å². The van der Waals surface area contributed by atoms with E-state index < -0.39 is 18.7 Å². The Morgan fingerprint density at radius 3 is 2.76 bits per heavy atom. The van der Waals surface area contributed by atoms with Gasteiger partial charge in [0, 0.05) is 6.42 Å². The fourth-order valence-electron chi connectivity index (χ4n) is 1.45. The summed E-state index contributed by atoms with van der Waals surface area (Å²) in [6.07, 6.45) is -7.42. The molecule has 0 aliphatic rings. The largest absolute Gasteiger partial charge is 0.414 e. The average molecular weight is 261 g/mol. The van der Waals surface area contributed by atoms with Crippen molar-refractivity contribution in [3.05, 3.63) is 28.8 Å². The van der Waals surface area contributed by atoms with E-state index in [-0.39, 0.29) is 0 Å². The number of aliphatic hydroxyl groups is 1. The van der Waals surface area contributed by atoms with Crippen LogP contribution in [0.25, 0.3) is 10.2 Å². The first-order valence-corrected chi connectivity index (χ1v) is 5.79. The van der Waals surface area contributed by atoms with Gasteiger partial charge in [-0.1, -0.05) is 6.07 Å². The standard InChI is InChI=1S/C11H10F3NOS/c1-6-2-3-8-7(4-6)15-10(17-8)5-9(16)11(12,13)14/h2-4,9,16H,5H2,1H3. The molecule has 1 atom stereocenters. The highest BCUT2D eigenvalue weighted by Crippen LogP contribution is 2.27. The first-order chi connectivity index (χ1) is 7.86. The molecular formula is C11H10F3NOS. The number of aryl methyl sites for hydroxylation is 1. The van der Waals surface area contributed by atoms with Crippen LogP contribution in [-0.4, -0.2) is 22.4 Å². The number of thiazole rings is 1. The normalized spacial score (nSPS) is 14.2. The number of benzene rings is 1. The molecule has 0 spiro atoms. The van der Waals surface area contributed by atoms with Gasteiger partial charge in [0.15, 0.2) is 6.10 Å². The monoisotopic (exact) mass is 261 g/mol. The summed E-state index contributed by atoms with van der Waals surface area (Å²) >= 11 is 1.18. The molecule has 6 heteroatoms. The van der Waals surface area contributed by atoms with Gasteiger partial charge in [0.1, 0.15) is 0 Å². The maximum atomic E-state index is 12.2. The number of halogens is 3. The third-order valence-corrected chi connectivity index (χ3v) is 3.39. The Bertz CT molecular complexity index is 535. The topological polar surface area (TPSA) is 33.1 Å². The van der Waals surface area contributed by atoms with E-state index in [0.717, 1.165) is 10.3 Å². The molecule has 0 saturated carbocycles. The summed E-state index contributed by atoms with van der Waals surface area (Å²) < 4.78 is 37.4. The van der Waals surface area contributed by atoms with Crippen molar-refractivity contribution in [2.45, 2.75) is 25.6 Å². The molecular weight excluding hydrogens is 251 g/mol. The molecule has 2 aromatic rings. The summed E-state index contributed by atoms with van der Waals surface area (Å²) in [5.74, 6) is 0. The number of rotatable bonds is 2. The van der Waals surface area contributed by atoms with Crippen LogP contribution >= 0.6 is 11.3 Å². The zero-order valence-electron chi connectivity index (χ0n) is 8.95. The van der Waals surface area contributed by atoms with E-state index in [4.69, 9.17) is 5.11 Å². The van der Waals surface area contributed by atoms with Crippen LogP contribution < -0.4 is 0 Å². The first kappa shape index (κ1) is 12.3. The Kier molecular flexibility index (Phi) is 3.09. The summed E-state index contributed by atoms with van der Waals surface area (Å²) in [6, 6.07) is 5.52. The molecule has 92 valence electrons. The van der Waals surface area contributed by atoms with Gasteiger partial charge >= 0.3 is 6.18 Å². The first-order valence-electron chi connectivity index (χ1n) is 4.97. The van der Waals surface area contributed by atoms with Crippen LogP contribution in [0.2, 0.25) is 0 Å². The molecule has 2 nitrogen and oxygen atoms in total. The lowest BCUT2D eigenvalue weighted by Crippen LogP contribution is -2.30. The van der Waals surface area contributed by atoms with Crippen molar-refractivity contribution in [2.24, 2.45) is 0 Å². The maximum Gasteiger partial charge on any atom is 0.414 e. The number of nitrogens with zero attached hydrogens (tertiary/aromatic N) is 1. The van der Waals surface area contributed by atoms with Crippen molar-refractivity contribution in [3.63, 3.8) is 0 Å². The summed E-state index contributed by atoms with van der Waals surface area (Å²) in [5.41, 5.74) is 1.69. The molecule has 0 saturated heterocycles. The predicted molar refractivity (Wildman–Crippen MR) is 60.1 cm³/mol. The zero-order chi connectivity index (χ0) is 12.6. The molecule has 1 heterocycles. The second kappa shape index (κ2) is 4.27. The summed E-state index contributed by atoms with van der Waals surface area (Å²) in [5, 5.41) is 9.26. The number of fused-ring (bicyclic) bond motifs is 1. The average Bonchev–Trinajstić information content (AvgIpc) is 2.57. The minimum atomic E-state index is -4.59. The second-order valence-electron chi connectivity index (χ2n) is 3.84. The predicted octanol–water partition coefficient (Wildman–Crippen LogP) is 3.07. The third kappa shape index (κ3) is 2.76. The fraction of sp³-hybridized carbons (Fsp3) is 0.364. The van der Waals surface area contributed by atoms with E-state index in [1.807, 2.05) is 25.1 Å². The van der Waals surface area contributed by atoms with Crippen molar-refractivity contribution < 1.29 is 18.3 Å². The van der Waals surface area contributed by atoms with Crippen molar-refractivity contribution >= 4 is 21.6 Å². The molecule has 1 N–H and O–H groups in total. The van der Waals surface area contributed by atoms with Gasteiger partial charge in [-0.05, 0) is 24.6 Å². The van der Waals surface area contributed by atoms with E-state index in [0.29, 0.717) is 10.5 Å². The van der Waals surface area contributed by atoms with Gasteiger partial charge in [0.05, 0.1) is 15.2 Å². The van der Waals surface area contributed by atoms with E-state index in [1.54, 1.807) is 0 Å². The molecule has 1 unspecified atom stereocenters. The Balaban J connectivity index is 2.25. The molecule has 0 bridgehead atoms. The zero-order valence-corrected chi connectivity index (χ0v) is 9.77. The molecule has 0 radical (unpaired) electrons. The number of alkyl halides is 3. The Morgan fingerprint density at radius 1 is 1.41 bits per heavy atom. The van der Waals surface area contributed by atoms with Crippen molar-refractivity contribution in [1.29, 1.82) is 0 Å². The Hall–Kier alpha value is -1.14. The van der Waals surface area contributed by atoms with Gasteiger partial charge in [0.25, 0.3) is 0 Å². The number of hydrogen-bond donors (Lipinski definition) is 1. The number of aliphatic hydroxyl groups excluding tert-OH is 1. The van der Waals surface area contributed by atoms with Crippen molar-refractivity contribution in [1.82, 2.24) is 4.98 Å². The molecule has 2 rings (SSSR count).